The van der Waals surface area contributed by atoms with E-state index in [0.29, 0.717) is 6.04 Å². The van der Waals surface area contributed by atoms with Gasteiger partial charge in [0.1, 0.15) is 5.82 Å². The molecule has 0 aromatic heterocycles. The standard InChI is InChI=1S/C22H31FN4.HI/c1-17(2)27(4)16-20-8-6-5-7-19(20)15-26-22(24-3)25-14-13-18-9-11-21(23)12-10-18;/h5-12,17H,13-16H2,1-4H3,(H2,24,25,26);1H. The molecule has 0 unspecified atom stereocenters. The lowest BCUT2D eigenvalue weighted by Gasteiger charge is -2.23. The van der Waals surface area contributed by atoms with Gasteiger partial charge >= 0.3 is 0 Å². The van der Waals surface area contributed by atoms with Gasteiger partial charge < -0.3 is 10.6 Å². The van der Waals surface area contributed by atoms with Crippen LogP contribution in [-0.2, 0) is 19.5 Å². The highest BCUT2D eigenvalue weighted by atomic mass is 127. The van der Waals surface area contributed by atoms with Gasteiger partial charge in [0, 0.05) is 32.7 Å². The fourth-order valence-electron chi connectivity index (χ4n) is 2.71. The van der Waals surface area contributed by atoms with E-state index >= 15 is 0 Å². The second-order valence-electron chi connectivity index (χ2n) is 7.01. The lowest BCUT2D eigenvalue weighted by atomic mass is 10.1. The highest BCUT2D eigenvalue weighted by Crippen LogP contribution is 2.12. The number of guanidine groups is 1. The molecule has 4 nitrogen and oxygen atoms in total. The summed E-state index contributed by atoms with van der Waals surface area (Å²) in [5, 5.41) is 6.70. The average Bonchev–Trinajstić information content (AvgIpc) is 2.67. The van der Waals surface area contributed by atoms with Crippen LogP contribution in [0.2, 0.25) is 0 Å². The van der Waals surface area contributed by atoms with Crippen LogP contribution < -0.4 is 10.6 Å². The van der Waals surface area contributed by atoms with Crippen LogP contribution >= 0.6 is 24.0 Å². The fourth-order valence-corrected chi connectivity index (χ4v) is 2.71. The van der Waals surface area contributed by atoms with E-state index < -0.39 is 0 Å². The van der Waals surface area contributed by atoms with Crippen molar-refractivity contribution in [2.24, 2.45) is 4.99 Å². The number of aliphatic imine (C=N–C) groups is 1. The number of hydrogen-bond acceptors (Lipinski definition) is 2. The molecule has 2 N–H and O–H groups in total. The van der Waals surface area contributed by atoms with E-state index in [2.05, 4.69) is 65.7 Å². The van der Waals surface area contributed by atoms with Gasteiger partial charge in [-0.2, -0.15) is 0 Å². The second kappa shape index (κ2) is 12.7. The quantitative estimate of drug-likeness (QED) is 0.326. The van der Waals surface area contributed by atoms with E-state index in [-0.39, 0.29) is 29.8 Å². The zero-order valence-electron chi connectivity index (χ0n) is 17.2. The van der Waals surface area contributed by atoms with E-state index in [4.69, 9.17) is 0 Å². The molecule has 0 aliphatic heterocycles. The maximum atomic E-state index is 13.0. The first-order chi connectivity index (χ1) is 13.0. The molecule has 6 heteroatoms. The van der Waals surface area contributed by atoms with Gasteiger partial charge in [-0.05, 0) is 56.1 Å². The van der Waals surface area contributed by atoms with E-state index in [1.54, 1.807) is 7.05 Å². The lowest BCUT2D eigenvalue weighted by molar-refractivity contribution is 0.265. The predicted octanol–water partition coefficient (Wildman–Crippen LogP) is 4.19. The molecule has 0 radical (unpaired) electrons. The molecule has 2 aromatic carbocycles. The van der Waals surface area contributed by atoms with E-state index in [9.17, 15) is 4.39 Å². The topological polar surface area (TPSA) is 39.7 Å². The van der Waals surface area contributed by atoms with Gasteiger partial charge in [0.2, 0.25) is 0 Å². The third kappa shape index (κ3) is 8.14. The van der Waals surface area contributed by atoms with Gasteiger partial charge in [-0.15, -0.1) is 24.0 Å². The van der Waals surface area contributed by atoms with Crippen LogP contribution in [0.4, 0.5) is 4.39 Å². The molecule has 0 heterocycles. The van der Waals surface area contributed by atoms with Gasteiger partial charge in [-0.1, -0.05) is 36.4 Å². The van der Waals surface area contributed by atoms with Crippen molar-refractivity contribution in [3.63, 3.8) is 0 Å². The molecule has 0 aliphatic rings. The number of hydrogen-bond donors (Lipinski definition) is 2. The maximum absolute atomic E-state index is 13.0. The van der Waals surface area contributed by atoms with E-state index in [1.165, 1.54) is 23.3 Å². The van der Waals surface area contributed by atoms with Crippen molar-refractivity contribution in [2.45, 2.75) is 39.4 Å². The summed E-state index contributed by atoms with van der Waals surface area (Å²) in [6.45, 7) is 6.79. The Bertz CT molecular complexity index is 732. The molecule has 0 saturated heterocycles. The van der Waals surface area contributed by atoms with E-state index in [1.807, 2.05) is 12.1 Å². The fraction of sp³-hybridized carbons (Fsp3) is 0.409. The number of halogens is 2. The van der Waals surface area contributed by atoms with Crippen molar-refractivity contribution in [2.75, 3.05) is 20.6 Å². The number of rotatable bonds is 8. The van der Waals surface area contributed by atoms with Crippen LogP contribution in [0.3, 0.4) is 0 Å². The summed E-state index contributed by atoms with van der Waals surface area (Å²) in [5.41, 5.74) is 3.69. The highest BCUT2D eigenvalue weighted by Gasteiger charge is 2.08. The first-order valence-electron chi connectivity index (χ1n) is 9.45. The van der Waals surface area contributed by atoms with Crippen molar-refractivity contribution in [3.05, 3.63) is 71.0 Å². The van der Waals surface area contributed by atoms with E-state index in [0.717, 1.165) is 37.6 Å². The summed E-state index contributed by atoms with van der Waals surface area (Å²) in [7, 11) is 3.91. The summed E-state index contributed by atoms with van der Waals surface area (Å²) in [5.74, 6) is 0.565. The average molecular weight is 498 g/mol. The van der Waals surface area contributed by atoms with Crippen LogP contribution in [0.25, 0.3) is 0 Å². The highest BCUT2D eigenvalue weighted by molar-refractivity contribution is 14.0. The molecule has 0 saturated carbocycles. The smallest absolute Gasteiger partial charge is 0.191 e. The number of benzene rings is 2. The third-order valence-corrected chi connectivity index (χ3v) is 4.71. The first kappa shape index (κ1) is 24.4. The molecule has 0 spiro atoms. The Labute approximate surface area is 185 Å². The summed E-state index contributed by atoms with van der Waals surface area (Å²) < 4.78 is 13.0. The van der Waals surface area contributed by atoms with Gasteiger partial charge in [0.25, 0.3) is 0 Å². The Morgan fingerprint density at radius 3 is 2.29 bits per heavy atom. The molecule has 0 bridgehead atoms. The monoisotopic (exact) mass is 498 g/mol. The first-order valence-corrected chi connectivity index (χ1v) is 9.45. The Kier molecular flexibility index (Phi) is 11.1. The molecule has 0 amide bonds. The molecular weight excluding hydrogens is 466 g/mol. The zero-order valence-corrected chi connectivity index (χ0v) is 19.5. The normalized spacial score (nSPS) is 11.5. The van der Waals surface area contributed by atoms with Crippen molar-refractivity contribution in [1.29, 1.82) is 0 Å². The number of nitrogens with zero attached hydrogens (tertiary/aromatic N) is 2. The zero-order chi connectivity index (χ0) is 19.6. The van der Waals surface area contributed by atoms with Crippen molar-refractivity contribution >= 4 is 29.9 Å². The minimum atomic E-state index is -0.203. The third-order valence-electron chi connectivity index (χ3n) is 4.71. The molecule has 0 aliphatic carbocycles. The Morgan fingerprint density at radius 1 is 1.04 bits per heavy atom. The molecule has 2 aromatic rings. The summed E-state index contributed by atoms with van der Waals surface area (Å²) in [6, 6.07) is 15.6. The van der Waals surface area contributed by atoms with Crippen molar-refractivity contribution in [3.8, 4) is 0 Å². The summed E-state index contributed by atoms with van der Waals surface area (Å²) in [4.78, 5) is 6.62. The molecule has 2 rings (SSSR count). The van der Waals surface area contributed by atoms with Crippen LogP contribution in [0.5, 0.6) is 0 Å². The van der Waals surface area contributed by atoms with Gasteiger partial charge in [0.15, 0.2) is 5.96 Å². The van der Waals surface area contributed by atoms with Crippen LogP contribution in [-0.4, -0.2) is 37.5 Å². The minimum absolute atomic E-state index is 0. The second-order valence-corrected chi connectivity index (χ2v) is 7.01. The van der Waals surface area contributed by atoms with Crippen LogP contribution in [0, 0.1) is 5.82 Å². The van der Waals surface area contributed by atoms with Crippen LogP contribution in [0.1, 0.15) is 30.5 Å². The SMILES string of the molecule is CN=C(NCCc1ccc(F)cc1)NCc1ccccc1CN(C)C(C)C.I. The largest absolute Gasteiger partial charge is 0.356 e. The minimum Gasteiger partial charge on any atom is -0.356 e. The number of nitrogens with one attached hydrogen (secondary N) is 2. The summed E-state index contributed by atoms with van der Waals surface area (Å²) in [6.07, 6.45) is 0.816. The van der Waals surface area contributed by atoms with Crippen molar-refractivity contribution in [1.82, 2.24) is 15.5 Å². The van der Waals surface area contributed by atoms with Crippen LogP contribution in [0.15, 0.2) is 53.5 Å². The molecule has 154 valence electrons. The molecule has 28 heavy (non-hydrogen) atoms. The molecular formula is C22H32FIN4. The Hall–Kier alpha value is -1.67. The van der Waals surface area contributed by atoms with Gasteiger partial charge in [0.05, 0.1) is 0 Å². The van der Waals surface area contributed by atoms with Crippen molar-refractivity contribution < 1.29 is 4.39 Å². The Balaban J connectivity index is 0.00000392. The predicted molar refractivity (Wildman–Crippen MR) is 127 cm³/mol. The molecule has 0 fully saturated rings. The maximum Gasteiger partial charge on any atom is 0.191 e. The summed E-state index contributed by atoms with van der Waals surface area (Å²) >= 11 is 0. The van der Waals surface area contributed by atoms with Gasteiger partial charge in [-0.25, -0.2) is 4.39 Å². The lowest BCUT2D eigenvalue weighted by Crippen LogP contribution is -2.38. The van der Waals surface area contributed by atoms with Gasteiger partial charge in [-0.3, -0.25) is 9.89 Å². The Morgan fingerprint density at radius 2 is 1.68 bits per heavy atom. The molecule has 0 atom stereocenters.